The molecule has 0 aromatic carbocycles. The molecule has 100 valence electrons. The van der Waals surface area contributed by atoms with E-state index in [0.717, 1.165) is 25.7 Å². The van der Waals surface area contributed by atoms with Gasteiger partial charge < -0.3 is 5.11 Å². The average molecular weight is 264 g/mol. The number of unbranched alkanes of at least 4 members (excludes halogenated alkanes) is 1. The van der Waals surface area contributed by atoms with E-state index in [-0.39, 0.29) is 5.92 Å². The smallest absolute Gasteiger partial charge is 0.322 e. The SMILES string of the molecule is CCCCN(C)S(=O)(=O)NC(C(=O)O)C1CC1. The lowest BCUT2D eigenvalue weighted by atomic mass is 10.2. The molecule has 2 N–H and O–H groups in total. The van der Waals surface area contributed by atoms with E-state index in [2.05, 4.69) is 4.72 Å². The van der Waals surface area contributed by atoms with Crippen molar-refractivity contribution >= 4 is 16.2 Å². The largest absolute Gasteiger partial charge is 0.480 e. The van der Waals surface area contributed by atoms with Crippen molar-refractivity contribution in [1.29, 1.82) is 0 Å². The van der Waals surface area contributed by atoms with E-state index in [0.29, 0.717) is 6.54 Å². The molecule has 1 aliphatic rings. The first-order valence-corrected chi connectivity index (χ1v) is 7.29. The van der Waals surface area contributed by atoms with Crippen LogP contribution in [-0.4, -0.2) is 43.4 Å². The zero-order valence-electron chi connectivity index (χ0n) is 10.2. The van der Waals surface area contributed by atoms with Gasteiger partial charge in [-0.2, -0.15) is 17.4 Å². The molecule has 0 aromatic heterocycles. The zero-order chi connectivity index (χ0) is 13.1. The standard InChI is InChI=1S/C10H20N2O4S/c1-3-4-7-12(2)17(15,16)11-9(10(13)14)8-5-6-8/h8-9,11H,3-7H2,1-2H3,(H,13,14). The molecule has 17 heavy (non-hydrogen) atoms. The molecular formula is C10H20N2O4S. The van der Waals surface area contributed by atoms with Gasteiger partial charge in [-0.3, -0.25) is 4.79 Å². The minimum Gasteiger partial charge on any atom is -0.480 e. The summed E-state index contributed by atoms with van der Waals surface area (Å²) in [4.78, 5) is 10.9. The maximum Gasteiger partial charge on any atom is 0.322 e. The first kappa shape index (κ1) is 14.4. The van der Waals surface area contributed by atoms with Gasteiger partial charge in [-0.15, -0.1) is 0 Å². The van der Waals surface area contributed by atoms with Crippen LogP contribution >= 0.6 is 0 Å². The summed E-state index contributed by atoms with van der Waals surface area (Å²) in [6, 6.07) is -0.982. The van der Waals surface area contributed by atoms with Crippen LogP contribution in [0.3, 0.4) is 0 Å². The number of nitrogens with zero attached hydrogens (tertiary/aromatic N) is 1. The summed E-state index contributed by atoms with van der Waals surface area (Å²) in [7, 11) is -2.22. The number of nitrogens with one attached hydrogen (secondary N) is 1. The Bertz CT molecular complexity index is 365. The lowest BCUT2D eigenvalue weighted by Gasteiger charge is -2.20. The van der Waals surface area contributed by atoms with Crippen LogP contribution in [0.5, 0.6) is 0 Å². The van der Waals surface area contributed by atoms with Crippen LogP contribution in [0, 0.1) is 5.92 Å². The second-order valence-electron chi connectivity index (χ2n) is 4.45. The van der Waals surface area contributed by atoms with E-state index < -0.39 is 22.2 Å². The van der Waals surface area contributed by atoms with Crippen molar-refractivity contribution in [2.24, 2.45) is 5.92 Å². The van der Waals surface area contributed by atoms with E-state index in [4.69, 9.17) is 5.11 Å². The van der Waals surface area contributed by atoms with Gasteiger partial charge in [0.2, 0.25) is 0 Å². The van der Waals surface area contributed by atoms with E-state index in [9.17, 15) is 13.2 Å². The van der Waals surface area contributed by atoms with Crippen LogP contribution in [0.4, 0.5) is 0 Å². The third kappa shape index (κ3) is 4.25. The fourth-order valence-electron chi connectivity index (χ4n) is 1.53. The van der Waals surface area contributed by atoms with Gasteiger partial charge in [0.15, 0.2) is 0 Å². The average Bonchev–Trinajstić information content (AvgIpc) is 3.05. The molecule has 6 nitrogen and oxygen atoms in total. The Balaban J connectivity index is 2.60. The molecule has 0 bridgehead atoms. The van der Waals surface area contributed by atoms with Gasteiger partial charge >= 0.3 is 5.97 Å². The van der Waals surface area contributed by atoms with Crippen molar-refractivity contribution in [3.05, 3.63) is 0 Å². The number of hydrogen-bond acceptors (Lipinski definition) is 3. The first-order chi connectivity index (χ1) is 7.88. The Labute approximate surface area is 102 Å². The molecule has 0 aromatic rings. The Hall–Kier alpha value is -0.660. The number of carboxylic acids is 1. The van der Waals surface area contributed by atoms with E-state index >= 15 is 0 Å². The summed E-state index contributed by atoms with van der Waals surface area (Å²) in [6.07, 6.45) is 3.21. The van der Waals surface area contributed by atoms with Gasteiger partial charge in [-0.1, -0.05) is 13.3 Å². The number of carboxylic acid groups (broad SMARTS) is 1. The molecular weight excluding hydrogens is 244 g/mol. The minimum atomic E-state index is -3.68. The zero-order valence-corrected chi connectivity index (χ0v) is 11.0. The van der Waals surface area contributed by atoms with Crippen LogP contribution < -0.4 is 4.72 Å². The van der Waals surface area contributed by atoms with Gasteiger partial charge in [0.25, 0.3) is 10.2 Å². The summed E-state index contributed by atoms with van der Waals surface area (Å²) in [5.41, 5.74) is 0. The van der Waals surface area contributed by atoms with Gasteiger partial charge in [-0.05, 0) is 25.2 Å². The summed E-state index contributed by atoms with van der Waals surface area (Å²) < 4.78 is 27.1. The van der Waals surface area contributed by atoms with E-state index in [1.54, 1.807) is 0 Å². The fraction of sp³-hybridized carbons (Fsp3) is 0.900. The molecule has 1 atom stereocenters. The van der Waals surface area contributed by atoms with Crippen LogP contribution in [0.25, 0.3) is 0 Å². The molecule has 0 spiro atoms. The molecule has 0 amide bonds. The second kappa shape index (κ2) is 5.79. The quantitative estimate of drug-likeness (QED) is 0.665. The topological polar surface area (TPSA) is 86.7 Å². The number of hydrogen-bond donors (Lipinski definition) is 2. The fourth-order valence-corrected chi connectivity index (χ4v) is 2.69. The maximum atomic E-state index is 11.8. The third-order valence-electron chi connectivity index (χ3n) is 2.87. The van der Waals surface area contributed by atoms with Crippen LogP contribution in [-0.2, 0) is 15.0 Å². The van der Waals surface area contributed by atoms with Crippen molar-refractivity contribution in [3.8, 4) is 0 Å². The monoisotopic (exact) mass is 264 g/mol. The number of rotatable bonds is 8. The summed E-state index contributed by atoms with van der Waals surface area (Å²) in [6.45, 7) is 2.38. The van der Waals surface area contributed by atoms with Crippen LogP contribution in [0.1, 0.15) is 32.6 Å². The molecule has 7 heteroatoms. The lowest BCUT2D eigenvalue weighted by molar-refractivity contribution is -0.139. The molecule has 1 fully saturated rings. The summed E-state index contributed by atoms with van der Waals surface area (Å²) in [5, 5.41) is 8.96. The predicted octanol–water partition coefficient (Wildman–Crippen LogP) is 0.416. The summed E-state index contributed by atoms with van der Waals surface area (Å²) in [5.74, 6) is -1.15. The highest BCUT2D eigenvalue weighted by molar-refractivity contribution is 7.87. The number of aliphatic carboxylic acids is 1. The normalized spacial score (nSPS) is 18.3. The first-order valence-electron chi connectivity index (χ1n) is 5.85. The van der Waals surface area contributed by atoms with Crippen LogP contribution in [0.15, 0.2) is 0 Å². The minimum absolute atomic E-state index is 0.0538. The second-order valence-corrected chi connectivity index (χ2v) is 6.26. The number of carbonyl (C=O) groups is 1. The van der Waals surface area contributed by atoms with E-state index in [1.165, 1.54) is 11.4 Å². The van der Waals surface area contributed by atoms with Gasteiger partial charge in [-0.25, -0.2) is 0 Å². The van der Waals surface area contributed by atoms with Gasteiger partial charge in [0.1, 0.15) is 6.04 Å². The third-order valence-corrected chi connectivity index (χ3v) is 4.43. The molecule has 0 radical (unpaired) electrons. The Morgan fingerprint density at radius 1 is 1.53 bits per heavy atom. The highest BCUT2D eigenvalue weighted by Gasteiger charge is 2.39. The van der Waals surface area contributed by atoms with Crippen LogP contribution in [0.2, 0.25) is 0 Å². The molecule has 0 heterocycles. The highest BCUT2D eigenvalue weighted by atomic mass is 32.2. The van der Waals surface area contributed by atoms with E-state index in [1.807, 2.05) is 6.92 Å². The predicted molar refractivity (Wildman–Crippen MR) is 63.7 cm³/mol. The van der Waals surface area contributed by atoms with Crippen molar-refractivity contribution in [3.63, 3.8) is 0 Å². The van der Waals surface area contributed by atoms with Gasteiger partial charge in [0.05, 0.1) is 0 Å². The molecule has 1 rings (SSSR count). The highest BCUT2D eigenvalue weighted by Crippen LogP contribution is 2.33. The molecule has 0 aliphatic heterocycles. The Morgan fingerprint density at radius 2 is 2.12 bits per heavy atom. The van der Waals surface area contributed by atoms with Crippen molar-refractivity contribution in [1.82, 2.24) is 9.03 Å². The Kier molecular flexibility index (Phi) is 4.91. The van der Waals surface area contributed by atoms with Crippen molar-refractivity contribution in [2.75, 3.05) is 13.6 Å². The van der Waals surface area contributed by atoms with Gasteiger partial charge in [0, 0.05) is 13.6 Å². The van der Waals surface area contributed by atoms with Crippen molar-refractivity contribution < 1.29 is 18.3 Å². The molecule has 0 saturated heterocycles. The lowest BCUT2D eigenvalue weighted by Crippen LogP contribution is -2.48. The summed E-state index contributed by atoms with van der Waals surface area (Å²) >= 11 is 0. The molecule has 1 aliphatic carbocycles. The van der Waals surface area contributed by atoms with Crippen molar-refractivity contribution in [2.45, 2.75) is 38.6 Å². The maximum absolute atomic E-state index is 11.8. The Morgan fingerprint density at radius 3 is 2.53 bits per heavy atom. The molecule has 1 saturated carbocycles. The molecule has 1 unspecified atom stereocenters.